The highest BCUT2D eigenvalue weighted by Gasteiger charge is 2.10. The first-order valence-electron chi connectivity index (χ1n) is 4.61. The summed E-state index contributed by atoms with van der Waals surface area (Å²) in [6.45, 7) is 0. The highest BCUT2D eigenvalue weighted by atomic mass is 35.5. The van der Waals surface area contributed by atoms with Crippen LogP contribution in [0.4, 0.5) is 0 Å². The molecule has 4 heteroatoms. The first-order chi connectivity index (χ1) is 7.70. The number of hydrogen-bond acceptors (Lipinski definition) is 3. The van der Waals surface area contributed by atoms with Crippen molar-refractivity contribution in [1.82, 2.24) is 4.98 Å². The number of benzene rings is 1. The molecule has 0 saturated carbocycles. The van der Waals surface area contributed by atoms with E-state index in [1.807, 2.05) is 18.2 Å². The van der Waals surface area contributed by atoms with Crippen LogP contribution in [0.1, 0.15) is 10.4 Å². The predicted octanol–water partition coefficient (Wildman–Crippen LogP) is 1.77. The van der Waals surface area contributed by atoms with Gasteiger partial charge in [-0.15, -0.1) is 0 Å². The van der Waals surface area contributed by atoms with Gasteiger partial charge in [0.15, 0.2) is 0 Å². The van der Waals surface area contributed by atoms with Gasteiger partial charge in [0.2, 0.25) is 0 Å². The Kier molecular flexibility index (Phi) is 2.88. The molecule has 16 heavy (non-hydrogen) atoms. The molecular weight excluding hydrogens is 226 g/mol. The van der Waals surface area contributed by atoms with Gasteiger partial charge >= 0.3 is 0 Å². The summed E-state index contributed by atoms with van der Waals surface area (Å²) < 4.78 is 0. The lowest BCUT2D eigenvalue weighted by atomic mass is 10.0. The van der Waals surface area contributed by atoms with Gasteiger partial charge in [0.05, 0.1) is 5.97 Å². The predicted molar refractivity (Wildman–Crippen MR) is 59.0 cm³/mol. The van der Waals surface area contributed by atoms with E-state index in [2.05, 4.69) is 4.98 Å². The number of carbonyl (C=O) groups excluding carboxylic acids is 1. The van der Waals surface area contributed by atoms with Gasteiger partial charge in [0.1, 0.15) is 5.15 Å². The number of halogens is 1. The number of carboxylic acids is 1. The lowest BCUT2D eigenvalue weighted by Gasteiger charge is -2.11. The van der Waals surface area contributed by atoms with E-state index in [1.54, 1.807) is 18.2 Å². The number of aromatic nitrogens is 1. The molecule has 0 spiro atoms. The zero-order valence-corrected chi connectivity index (χ0v) is 8.94. The molecule has 0 aliphatic heterocycles. The van der Waals surface area contributed by atoms with Crippen molar-refractivity contribution in [1.29, 1.82) is 0 Å². The normalized spacial score (nSPS) is 10.1. The van der Waals surface area contributed by atoms with Crippen molar-refractivity contribution in [2.45, 2.75) is 0 Å². The molecule has 0 atom stereocenters. The van der Waals surface area contributed by atoms with Crippen molar-refractivity contribution in [2.24, 2.45) is 0 Å². The summed E-state index contributed by atoms with van der Waals surface area (Å²) in [5.74, 6) is -1.32. The smallest absolute Gasteiger partial charge is 0.138 e. The average Bonchev–Trinajstić information content (AvgIpc) is 2.29. The summed E-state index contributed by atoms with van der Waals surface area (Å²) >= 11 is 5.74. The van der Waals surface area contributed by atoms with E-state index in [1.165, 1.54) is 6.20 Å². The summed E-state index contributed by atoms with van der Waals surface area (Å²) in [5.41, 5.74) is 1.21. The van der Waals surface area contributed by atoms with Crippen molar-refractivity contribution in [3.05, 3.63) is 53.3 Å². The second-order valence-electron chi connectivity index (χ2n) is 3.18. The van der Waals surface area contributed by atoms with Crippen LogP contribution in [0.25, 0.3) is 11.1 Å². The maximum Gasteiger partial charge on any atom is 0.138 e. The molecule has 0 saturated heterocycles. The number of hydrogen-bond donors (Lipinski definition) is 0. The first-order valence-corrected chi connectivity index (χ1v) is 4.99. The van der Waals surface area contributed by atoms with Crippen LogP contribution in [-0.4, -0.2) is 11.0 Å². The number of carboxylic acid groups (broad SMARTS) is 1. The molecule has 0 N–H and O–H groups in total. The molecule has 3 nitrogen and oxygen atoms in total. The Labute approximate surface area is 97.3 Å². The van der Waals surface area contributed by atoms with Crippen LogP contribution in [0.3, 0.4) is 0 Å². The number of nitrogens with zero attached hydrogens (tertiary/aromatic N) is 1. The van der Waals surface area contributed by atoms with Gasteiger partial charge in [-0.25, -0.2) is 4.98 Å². The Morgan fingerprint density at radius 3 is 2.50 bits per heavy atom. The van der Waals surface area contributed by atoms with Crippen LogP contribution >= 0.6 is 11.6 Å². The minimum atomic E-state index is -1.32. The summed E-state index contributed by atoms with van der Waals surface area (Å²) in [4.78, 5) is 14.7. The van der Waals surface area contributed by atoms with E-state index in [0.29, 0.717) is 5.56 Å². The zero-order chi connectivity index (χ0) is 11.5. The van der Waals surface area contributed by atoms with Crippen molar-refractivity contribution < 1.29 is 9.90 Å². The third-order valence-electron chi connectivity index (χ3n) is 2.19. The molecule has 1 aromatic heterocycles. The fraction of sp³-hybridized carbons (Fsp3) is 0. The quantitative estimate of drug-likeness (QED) is 0.742. The van der Waals surface area contributed by atoms with E-state index in [9.17, 15) is 9.90 Å². The van der Waals surface area contributed by atoms with Crippen LogP contribution in [-0.2, 0) is 0 Å². The molecule has 2 aromatic rings. The molecule has 0 aliphatic carbocycles. The standard InChI is InChI=1S/C12H8ClNO2/c13-11-10(12(15)16)9(6-7-14-11)8-4-2-1-3-5-8/h1-7H,(H,15,16)/p-1. The highest BCUT2D eigenvalue weighted by molar-refractivity contribution is 6.33. The van der Waals surface area contributed by atoms with Crippen LogP contribution in [0.5, 0.6) is 0 Å². The van der Waals surface area contributed by atoms with Crippen LogP contribution < -0.4 is 5.11 Å². The van der Waals surface area contributed by atoms with Crippen LogP contribution in [0.15, 0.2) is 42.6 Å². The largest absolute Gasteiger partial charge is 0.545 e. The van der Waals surface area contributed by atoms with Crippen LogP contribution in [0, 0.1) is 0 Å². The second-order valence-corrected chi connectivity index (χ2v) is 3.54. The summed E-state index contributed by atoms with van der Waals surface area (Å²) in [6.07, 6.45) is 1.47. The van der Waals surface area contributed by atoms with Crippen molar-refractivity contribution >= 4 is 17.6 Å². The summed E-state index contributed by atoms with van der Waals surface area (Å²) in [5, 5.41) is 10.9. The van der Waals surface area contributed by atoms with Gasteiger partial charge in [0, 0.05) is 11.8 Å². The Morgan fingerprint density at radius 1 is 1.19 bits per heavy atom. The molecule has 1 aromatic carbocycles. The van der Waals surface area contributed by atoms with Gasteiger partial charge in [-0.2, -0.15) is 0 Å². The van der Waals surface area contributed by atoms with Gasteiger partial charge < -0.3 is 9.90 Å². The Hall–Kier alpha value is -1.87. The average molecular weight is 233 g/mol. The van der Waals surface area contributed by atoms with Gasteiger partial charge in [-0.1, -0.05) is 41.9 Å². The molecule has 0 amide bonds. The number of aromatic carboxylic acids is 1. The molecule has 0 radical (unpaired) electrons. The molecule has 0 aliphatic rings. The lowest BCUT2D eigenvalue weighted by Crippen LogP contribution is -2.23. The molecular formula is C12H7ClNO2-. The van der Waals surface area contributed by atoms with Crippen molar-refractivity contribution in [2.75, 3.05) is 0 Å². The zero-order valence-electron chi connectivity index (χ0n) is 8.18. The summed E-state index contributed by atoms with van der Waals surface area (Å²) in [6, 6.07) is 10.7. The second kappa shape index (κ2) is 4.33. The maximum absolute atomic E-state index is 11.0. The minimum Gasteiger partial charge on any atom is -0.545 e. The third-order valence-corrected chi connectivity index (χ3v) is 2.48. The fourth-order valence-corrected chi connectivity index (χ4v) is 1.72. The van der Waals surface area contributed by atoms with Gasteiger partial charge in [-0.05, 0) is 17.2 Å². The number of carbonyl (C=O) groups is 1. The van der Waals surface area contributed by atoms with Crippen LogP contribution in [0.2, 0.25) is 5.15 Å². The van der Waals surface area contributed by atoms with Gasteiger partial charge in [0.25, 0.3) is 0 Å². The number of rotatable bonds is 2. The third kappa shape index (κ3) is 1.90. The van der Waals surface area contributed by atoms with E-state index < -0.39 is 5.97 Å². The molecule has 0 fully saturated rings. The number of pyridine rings is 1. The highest BCUT2D eigenvalue weighted by Crippen LogP contribution is 2.26. The maximum atomic E-state index is 11.0. The molecule has 0 bridgehead atoms. The topological polar surface area (TPSA) is 53.0 Å². The lowest BCUT2D eigenvalue weighted by molar-refractivity contribution is -0.254. The first kappa shape index (κ1) is 10.6. The molecule has 1 heterocycles. The van der Waals surface area contributed by atoms with Crippen molar-refractivity contribution in [3.63, 3.8) is 0 Å². The fourth-order valence-electron chi connectivity index (χ4n) is 1.49. The van der Waals surface area contributed by atoms with Crippen molar-refractivity contribution in [3.8, 4) is 11.1 Å². The molecule has 0 unspecified atom stereocenters. The SMILES string of the molecule is O=C([O-])c1c(-c2ccccc2)ccnc1Cl. The van der Waals surface area contributed by atoms with Gasteiger partial charge in [-0.3, -0.25) is 0 Å². The summed E-state index contributed by atoms with van der Waals surface area (Å²) in [7, 11) is 0. The monoisotopic (exact) mass is 232 g/mol. The molecule has 2 rings (SSSR count). The van der Waals surface area contributed by atoms with E-state index in [-0.39, 0.29) is 10.7 Å². The molecule has 80 valence electrons. The van der Waals surface area contributed by atoms with E-state index in [4.69, 9.17) is 11.6 Å². The van der Waals surface area contributed by atoms with E-state index >= 15 is 0 Å². The Balaban J connectivity index is 2.66. The van der Waals surface area contributed by atoms with E-state index in [0.717, 1.165) is 5.56 Å². The Morgan fingerprint density at radius 2 is 1.88 bits per heavy atom. The Bertz CT molecular complexity index is 526. The minimum absolute atomic E-state index is 0.0543.